The highest BCUT2D eigenvalue weighted by Crippen LogP contribution is 2.28. The highest BCUT2D eigenvalue weighted by molar-refractivity contribution is 5.96. The van der Waals surface area contributed by atoms with Gasteiger partial charge in [-0.2, -0.15) is 22.0 Å². The zero-order valence-corrected chi connectivity index (χ0v) is 27.9. The van der Waals surface area contributed by atoms with Gasteiger partial charge in [0.1, 0.15) is 23.4 Å². The van der Waals surface area contributed by atoms with E-state index in [4.69, 9.17) is 14.6 Å². The largest absolute Gasteiger partial charge is 0.508 e. The lowest BCUT2D eigenvalue weighted by Crippen LogP contribution is -2.49. The van der Waals surface area contributed by atoms with E-state index in [-0.39, 0.29) is 36.2 Å². The molecular formula is C36H41F5N2O8. The van der Waals surface area contributed by atoms with E-state index in [9.17, 15) is 41.8 Å². The first-order valence-electron chi connectivity index (χ1n) is 16.2. The van der Waals surface area contributed by atoms with Crippen molar-refractivity contribution in [3.05, 3.63) is 89.5 Å². The molecule has 0 unspecified atom stereocenters. The highest BCUT2D eigenvalue weighted by atomic mass is 19.4. The predicted octanol–water partition coefficient (Wildman–Crippen LogP) is 6.61. The number of phenolic OH excluding ortho intramolecular Hbond substituents is 1. The molecule has 0 radical (unpaired) electrons. The number of aliphatic hydroxyl groups is 1. The fourth-order valence-electron chi connectivity index (χ4n) is 5.48. The Bertz CT molecular complexity index is 1530. The Hall–Kier alpha value is -4.76. The molecule has 0 bridgehead atoms. The second-order valence-electron chi connectivity index (χ2n) is 11.8. The van der Waals surface area contributed by atoms with Gasteiger partial charge in [-0.25, -0.2) is 4.79 Å². The van der Waals surface area contributed by atoms with Crippen LogP contribution in [-0.4, -0.2) is 88.4 Å². The van der Waals surface area contributed by atoms with Crippen LogP contribution in [0.4, 0.5) is 22.0 Å². The maximum absolute atomic E-state index is 13.9. The molecule has 3 N–H and O–H groups in total. The number of alkyl halides is 5. The highest BCUT2D eigenvalue weighted by Gasteiger charge is 2.38. The normalized spacial score (nSPS) is 14.3. The number of methoxy groups -OCH3 is 1. The number of carboxylic acid groups (broad SMARTS) is 1. The lowest BCUT2D eigenvalue weighted by Gasteiger charge is -2.38. The third-order valence-electron chi connectivity index (χ3n) is 8.16. The number of halogens is 5. The van der Waals surface area contributed by atoms with Gasteiger partial charge in [0.2, 0.25) is 5.91 Å². The summed E-state index contributed by atoms with van der Waals surface area (Å²) < 4.78 is 66.7. The minimum Gasteiger partial charge on any atom is -0.508 e. The Morgan fingerprint density at radius 2 is 1.41 bits per heavy atom. The van der Waals surface area contributed by atoms with Crippen LogP contribution < -0.4 is 9.47 Å². The van der Waals surface area contributed by atoms with E-state index >= 15 is 0 Å². The van der Waals surface area contributed by atoms with Crippen LogP contribution in [-0.2, 0) is 16.1 Å². The number of carboxylic acids is 1. The third kappa shape index (κ3) is 13.5. The lowest BCUT2D eigenvalue weighted by molar-refractivity contribution is -0.192. The smallest absolute Gasteiger partial charge is 0.490 e. The van der Waals surface area contributed by atoms with E-state index in [0.717, 1.165) is 25.9 Å². The van der Waals surface area contributed by atoms with Crippen molar-refractivity contribution >= 4 is 17.7 Å². The molecule has 2 atom stereocenters. The molecule has 3 aromatic carbocycles. The number of amides is 1. The number of aromatic hydroxyl groups is 1. The number of nitrogens with zero attached hydrogens (tertiary/aromatic N) is 2. The summed E-state index contributed by atoms with van der Waals surface area (Å²) in [5, 5.41) is 28.5. The van der Waals surface area contributed by atoms with Crippen LogP contribution in [0.3, 0.4) is 0 Å². The van der Waals surface area contributed by atoms with Crippen molar-refractivity contribution in [2.24, 2.45) is 0 Å². The predicted molar refractivity (Wildman–Crippen MR) is 176 cm³/mol. The Balaban J connectivity index is 0.000000908. The summed E-state index contributed by atoms with van der Waals surface area (Å²) in [5.41, 5.74) is 1.84. The summed E-state index contributed by atoms with van der Waals surface area (Å²) >= 11 is 0. The van der Waals surface area contributed by atoms with Crippen LogP contribution >= 0.6 is 0 Å². The van der Waals surface area contributed by atoms with E-state index in [2.05, 4.69) is 9.64 Å². The number of carbonyl (C=O) groups is 3. The molecule has 1 saturated heterocycles. The second-order valence-corrected chi connectivity index (χ2v) is 11.8. The Morgan fingerprint density at radius 3 is 1.94 bits per heavy atom. The zero-order chi connectivity index (χ0) is 37.6. The Kier molecular flexibility index (Phi) is 15.6. The number of benzene rings is 3. The molecule has 1 heterocycles. The fourth-order valence-corrected chi connectivity index (χ4v) is 5.48. The van der Waals surface area contributed by atoms with Crippen LogP contribution in [0.2, 0.25) is 0 Å². The van der Waals surface area contributed by atoms with Gasteiger partial charge >= 0.3 is 18.8 Å². The number of hydrogen-bond acceptors (Lipinski definition) is 8. The number of rotatable bonds is 16. The fraction of sp³-hybridized carbons (Fsp3) is 0.417. The van der Waals surface area contributed by atoms with E-state index in [1.165, 1.54) is 24.3 Å². The molecule has 1 amide bonds. The van der Waals surface area contributed by atoms with Crippen molar-refractivity contribution in [3.63, 3.8) is 0 Å². The summed E-state index contributed by atoms with van der Waals surface area (Å²) in [6.45, 7) is -0.648. The molecule has 0 saturated carbocycles. The summed E-state index contributed by atoms with van der Waals surface area (Å²) in [7, 11) is 1.56. The summed E-state index contributed by atoms with van der Waals surface area (Å²) in [5.74, 6) is -2.20. The number of phenols is 1. The molecule has 1 fully saturated rings. The number of hydrogen-bond donors (Lipinski definition) is 3. The molecule has 0 aromatic heterocycles. The third-order valence-corrected chi connectivity index (χ3v) is 8.16. The summed E-state index contributed by atoms with van der Waals surface area (Å²) in [6.07, 6.45) is -2.61. The van der Waals surface area contributed by atoms with Gasteiger partial charge in [0.25, 0.3) is 0 Å². The average molecular weight is 725 g/mol. The Morgan fingerprint density at radius 1 is 0.863 bits per heavy atom. The second kappa shape index (κ2) is 19.6. The molecule has 0 aliphatic carbocycles. The number of likely N-dealkylation sites (tertiary alicyclic amines) is 1. The zero-order valence-electron chi connectivity index (χ0n) is 27.9. The minimum absolute atomic E-state index is 0.0147. The number of aliphatic carboxylic acids is 1. The van der Waals surface area contributed by atoms with Gasteiger partial charge < -0.3 is 34.6 Å². The van der Waals surface area contributed by atoms with Crippen molar-refractivity contribution < 1.29 is 61.1 Å². The monoisotopic (exact) mass is 724 g/mol. The average Bonchev–Trinajstić information content (AvgIpc) is 3.62. The van der Waals surface area contributed by atoms with Crippen molar-refractivity contribution in [1.29, 1.82) is 0 Å². The molecule has 1 aliphatic heterocycles. The summed E-state index contributed by atoms with van der Waals surface area (Å²) in [6, 6.07) is 18.7. The Labute approximate surface area is 292 Å². The van der Waals surface area contributed by atoms with Gasteiger partial charge in [0.05, 0.1) is 13.2 Å². The van der Waals surface area contributed by atoms with Crippen molar-refractivity contribution in [2.75, 3.05) is 26.7 Å². The SMILES string of the molecule is COc1ccc(C(=O)CCCCC(=O)N(Cc2ccc(OC(F)F)cc2)[C@H](CN2CCCC2)[C@H](O)c2ccc(O)cc2)cc1.O=C(O)C(F)(F)F. The number of aliphatic hydroxyl groups excluding tert-OH is 1. The van der Waals surface area contributed by atoms with E-state index in [1.54, 1.807) is 60.5 Å². The molecule has 10 nitrogen and oxygen atoms in total. The van der Waals surface area contributed by atoms with E-state index < -0.39 is 30.9 Å². The number of ether oxygens (including phenoxy) is 2. The van der Waals surface area contributed by atoms with Crippen LogP contribution in [0.15, 0.2) is 72.8 Å². The van der Waals surface area contributed by atoms with Crippen molar-refractivity contribution in [1.82, 2.24) is 9.80 Å². The van der Waals surface area contributed by atoms with Gasteiger partial charge in [-0.05, 0) is 98.4 Å². The molecule has 278 valence electrons. The number of Topliss-reactive ketones (excluding diaryl/α,β-unsaturated/α-hetero) is 1. The van der Waals surface area contributed by atoms with Crippen LogP contribution in [0.5, 0.6) is 17.2 Å². The standard InChI is InChI=1S/C34H40F2N2O6.C2HF3O2/c1-43-28-18-12-25(13-19-28)31(40)6-2-3-7-32(41)38(22-24-8-16-29(17-9-24)44-34(35)36)30(23-37-20-4-5-21-37)33(42)26-10-14-27(39)15-11-26;3-2(4,5)1(6)7/h8-19,30,33-34,39,42H,2-7,20-23H2,1H3;(H,6,7)/t30-,33-;/m1./s1. The van der Waals surface area contributed by atoms with E-state index in [1.807, 2.05) is 0 Å². The first kappa shape index (κ1) is 40.7. The van der Waals surface area contributed by atoms with Crippen LogP contribution in [0, 0.1) is 0 Å². The number of carbonyl (C=O) groups excluding carboxylic acids is 2. The summed E-state index contributed by atoms with van der Waals surface area (Å²) in [4.78, 5) is 39.3. The van der Waals surface area contributed by atoms with Crippen LogP contribution in [0.25, 0.3) is 0 Å². The van der Waals surface area contributed by atoms with Gasteiger partial charge in [0.15, 0.2) is 5.78 Å². The van der Waals surface area contributed by atoms with E-state index in [0.29, 0.717) is 48.2 Å². The maximum Gasteiger partial charge on any atom is 0.490 e. The molecule has 51 heavy (non-hydrogen) atoms. The van der Waals surface area contributed by atoms with Crippen molar-refractivity contribution in [2.45, 2.75) is 70.0 Å². The topological polar surface area (TPSA) is 137 Å². The first-order chi connectivity index (χ1) is 24.2. The van der Waals surface area contributed by atoms with Crippen LogP contribution in [0.1, 0.15) is 66.1 Å². The minimum atomic E-state index is -5.08. The quantitative estimate of drug-likeness (QED) is 0.0848. The number of ketones is 1. The van der Waals surface area contributed by atoms with Gasteiger partial charge in [-0.3, -0.25) is 9.59 Å². The van der Waals surface area contributed by atoms with Crippen molar-refractivity contribution in [3.8, 4) is 17.2 Å². The molecule has 1 aliphatic rings. The molecule has 4 rings (SSSR count). The molecular weight excluding hydrogens is 683 g/mol. The molecule has 3 aromatic rings. The maximum atomic E-state index is 13.9. The molecule has 15 heteroatoms. The number of unbranched alkanes of at least 4 members (excludes halogenated alkanes) is 1. The molecule has 0 spiro atoms. The van der Waals surface area contributed by atoms with Gasteiger partial charge in [0, 0.05) is 31.5 Å². The van der Waals surface area contributed by atoms with Gasteiger partial charge in [-0.1, -0.05) is 24.3 Å². The van der Waals surface area contributed by atoms with Gasteiger partial charge in [-0.15, -0.1) is 0 Å². The lowest BCUT2D eigenvalue weighted by atomic mass is 9.98. The first-order valence-corrected chi connectivity index (χ1v) is 16.2.